The topological polar surface area (TPSA) is 60.9 Å². The number of rotatable bonds is 3. The Balaban J connectivity index is 2.09. The Morgan fingerprint density at radius 3 is 2.15 bits per heavy atom. The Labute approximate surface area is 199 Å². The van der Waals surface area contributed by atoms with Crippen LogP contribution < -0.4 is 4.90 Å². The summed E-state index contributed by atoms with van der Waals surface area (Å²) in [5.41, 5.74) is -2.56. The first-order valence-corrected chi connectivity index (χ1v) is 10.8. The van der Waals surface area contributed by atoms with Gasteiger partial charge in [0.05, 0.1) is 22.9 Å². The second-order valence-electron chi connectivity index (χ2n) is 7.86. The smallest absolute Gasteiger partial charge is 0.416 e. The fraction of sp³-hybridized carbons (Fsp3) is 0.364. The first kappa shape index (κ1) is 25.9. The summed E-state index contributed by atoms with van der Waals surface area (Å²) in [6, 6.07) is 5.23. The van der Waals surface area contributed by atoms with E-state index >= 15 is 0 Å². The lowest BCUT2D eigenvalue weighted by molar-refractivity contribution is -0.143. The largest absolute Gasteiger partial charge is 0.465 e. The molecule has 0 saturated carbocycles. The van der Waals surface area contributed by atoms with E-state index in [0.29, 0.717) is 28.6 Å². The minimum atomic E-state index is -5.01. The van der Waals surface area contributed by atoms with Crippen LogP contribution in [-0.4, -0.2) is 28.6 Å². The van der Waals surface area contributed by atoms with Crippen molar-refractivity contribution < 1.29 is 41.0 Å². The van der Waals surface area contributed by atoms with E-state index in [-0.39, 0.29) is 30.3 Å². The molecule has 1 aliphatic rings. The molecular weight excluding hydrogens is 534 g/mol. The van der Waals surface area contributed by atoms with Gasteiger partial charge in [-0.05, 0) is 54.3 Å². The minimum Gasteiger partial charge on any atom is -0.465 e. The van der Waals surface area contributed by atoms with Gasteiger partial charge >= 0.3 is 18.4 Å². The highest BCUT2D eigenvalue weighted by Gasteiger charge is 2.38. The highest BCUT2D eigenvalue weighted by atomic mass is 79.9. The molecular formula is C22H19BrF6N2O3. The maximum Gasteiger partial charge on any atom is 0.416 e. The van der Waals surface area contributed by atoms with Gasteiger partial charge in [0, 0.05) is 24.5 Å². The average molecular weight is 553 g/mol. The first-order valence-electron chi connectivity index (χ1n) is 10.0. The van der Waals surface area contributed by atoms with E-state index in [2.05, 4.69) is 15.9 Å². The zero-order valence-corrected chi connectivity index (χ0v) is 19.3. The quantitative estimate of drug-likeness (QED) is 0.423. The number of fused-ring (bicyclic) bond motifs is 1. The second-order valence-corrected chi connectivity index (χ2v) is 8.77. The average Bonchev–Trinajstić information content (AvgIpc) is 2.89. The van der Waals surface area contributed by atoms with Gasteiger partial charge in [-0.25, -0.2) is 4.79 Å². The molecule has 184 valence electrons. The van der Waals surface area contributed by atoms with Crippen LogP contribution >= 0.6 is 15.9 Å². The zero-order chi connectivity index (χ0) is 25.4. The Hall–Kier alpha value is -2.76. The van der Waals surface area contributed by atoms with Crippen molar-refractivity contribution in [3.05, 3.63) is 63.1 Å². The van der Waals surface area contributed by atoms with Gasteiger partial charge in [-0.1, -0.05) is 22.0 Å². The van der Waals surface area contributed by atoms with Crippen LogP contribution in [0.25, 0.3) is 0 Å². The number of carbonyl (C=O) groups excluding carboxylic acids is 1. The van der Waals surface area contributed by atoms with Gasteiger partial charge in [0.1, 0.15) is 0 Å². The Morgan fingerprint density at radius 2 is 1.65 bits per heavy atom. The minimum absolute atomic E-state index is 0.0326. The lowest BCUT2D eigenvalue weighted by atomic mass is 9.98. The molecule has 0 saturated heterocycles. The van der Waals surface area contributed by atoms with E-state index in [1.165, 1.54) is 4.90 Å². The van der Waals surface area contributed by atoms with Crippen molar-refractivity contribution >= 4 is 33.6 Å². The maximum atomic E-state index is 13.3. The molecule has 3 rings (SSSR count). The fourth-order valence-electron chi connectivity index (χ4n) is 4.02. The van der Waals surface area contributed by atoms with Crippen LogP contribution in [0.3, 0.4) is 0 Å². The standard InChI is InChI=1S/C22H19BrF6N2O3/c1-12(32)31(11-13-7-14(21(24,25)26)9-15(8-13)22(27,28)29)18-3-2-6-30(20(33)34)19-10-16(23)4-5-17(18)19/h4-5,7-10,18H,2-3,6,11H2,1H3,(H,33,34). The molecule has 12 heteroatoms. The van der Waals surface area contributed by atoms with Crippen LogP contribution in [0.4, 0.5) is 36.8 Å². The maximum absolute atomic E-state index is 13.3. The molecule has 2 amide bonds. The van der Waals surface area contributed by atoms with Crippen molar-refractivity contribution in [3.63, 3.8) is 0 Å². The SMILES string of the molecule is CC(=O)N(Cc1cc(C(F)(F)F)cc(C(F)(F)F)c1)C1CCCN(C(=O)O)c2cc(Br)ccc21. The number of halogens is 7. The number of alkyl halides is 6. The molecule has 1 atom stereocenters. The second kappa shape index (κ2) is 9.47. The fourth-order valence-corrected chi connectivity index (χ4v) is 4.37. The molecule has 0 spiro atoms. The van der Waals surface area contributed by atoms with Gasteiger partial charge in [-0.3, -0.25) is 9.69 Å². The van der Waals surface area contributed by atoms with Crippen LogP contribution in [0.2, 0.25) is 0 Å². The summed E-state index contributed by atoms with van der Waals surface area (Å²) >= 11 is 3.27. The molecule has 1 N–H and O–H groups in total. The van der Waals surface area contributed by atoms with Crippen LogP contribution in [0.5, 0.6) is 0 Å². The first-order chi connectivity index (χ1) is 15.7. The summed E-state index contributed by atoms with van der Waals surface area (Å²) in [6.45, 7) is 0.759. The highest BCUT2D eigenvalue weighted by Crippen LogP contribution is 2.40. The molecule has 0 bridgehead atoms. The van der Waals surface area contributed by atoms with Crippen LogP contribution in [-0.2, 0) is 23.7 Å². The molecule has 1 heterocycles. The number of carbonyl (C=O) groups is 2. The van der Waals surface area contributed by atoms with Crippen molar-refractivity contribution in [2.45, 2.75) is 44.7 Å². The van der Waals surface area contributed by atoms with Gasteiger partial charge in [0.15, 0.2) is 0 Å². The summed E-state index contributed by atoms with van der Waals surface area (Å²) in [6.07, 6.45) is -10.7. The number of benzene rings is 2. The number of anilines is 1. The number of nitrogens with zero attached hydrogens (tertiary/aromatic N) is 2. The lowest BCUT2D eigenvalue weighted by Gasteiger charge is -2.32. The Bertz CT molecular complexity index is 1070. The van der Waals surface area contributed by atoms with Crippen molar-refractivity contribution in [3.8, 4) is 0 Å². The molecule has 5 nitrogen and oxygen atoms in total. The van der Waals surface area contributed by atoms with Crippen molar-refractivity contribution in [2.24, 2.45) is 0 Å². The monoisotopic (exact) mass is 552 g/mol. The van der Waals surface area contributed by atoms with Crippen molar-refractivity contribution in [1.29, 1.82) is 0 Å². The van der Waals surface area contributed by atoms with E-state index in [0.717, 1.165) is 11.8 Å². The summed E-state index contributed by atoms with van der Waals surface area (Å²) in [7, 11) is 0. The van der Waals surface area contributed by atoms with Crippen LogP contribution in [0.1, 0.15) is 48.1 Å². The summed E-state index contributed by atoms with van der Waals surface area (Å²) in [4.78, 5) is 26.6. The lowest BCUT2D eigenvalue weighted by Crippen LogP contribution is -2.33. The molecule has 0 aliphatic carbocycles. The summed E-state index contributed by atoms with van der Waals surface area (Å²) < 4.78 is 80.3. The van der Waals surface area contributed by atoms with E-state index in [9.17, 15) is 41.0 Å². The highest BCUT2D eigenvalue weighted by molar-refractivity contribution is 9.10. The number of hydrogen-bond acceptors (Lipinski definition) is 2. The molecule has 0 aromatic heterocycles. The molecule has 1 unspecified atom stereocenters. The van der Waals surface area contributed by atoms with E-state index in [1.54, 1.807) is 18.2 Å². The number of hydrogen-bond donors (Lipinski definition) is 1. The van der Waals surface area contributed by atoms with Gasteiger partial charge < -0.3 is 10.0 Å². The van der Waals surface area contributed by atoms with Crippen LogP contribution in [0, 0.1) is 0 Å². The third-order valence-electron chi connectivity index (χ3n) is 5.51. The summed E-state index contributed by atoms with van der Waals surface area (Å²) in [5, 5.41) is 9.60. The van der Waals surface area contributed by atoms with Crippen molar-refractivity contribution in [2.75, 3.05) is 11.4 Å². The number of carboxylic acid groups (broad SMARTS) is 1. The van der Waals surface area contributed by atoms with Crippen molar-refractivity contribution in [1.82, 2.24) is 4.90 Å². The molecule has 2 aromatic carbocycles. The molecule has 0 radical (unpaired) electrons. The van der Waals surface area contributed by atoms with Gasteiger partial charge in [-0.2, -0.15) is 26.3 Å². The molecule has 34 heavy (non-hydrogen) atoms. The third-order valence-corrected chi connectivity index (χ3v) is 6.01. The van der Waals surface area contributed by atoms with Gasteiger partial charge in [0.2, 0.25) is 5.91 Å². The van der Waals surface area contributed by atoms with E-state index in [1.807, 2.05) is 0 Å². The van der Waals surface area contributed by atoms with E-state index in [4.69, 9.17) is 0 Å². The van der Waals surface area contributed by atoms with Gasteiger partial charge in [0.25, 0.3) is 0 Å². The normalized spacial score (nSPS) is 16.6. The van der Waals surface area contributed by atoms with Crippen LogP contribution in [0.15, 0.2) is 40.9 Å². The van der Waals surface area contributed by atoms with Gasteiger partial charge in [-0.15, -0.1) is 0 Å². The number of amides is 2. The predicted octanol–water partition coefficient (Wildman–Crippen LogP) is 6.85. The zero-order valence-electron chi connectivity index (χ0n) is 17.7. The third kappa shape index (κ3) is 5.65. The molecule has 2 aromatic rings. The molecule has 1 aliphatic heterocycles. The summed E-state index contributed by atoms with van der Waals surface area (Å²) in [5.74, 6) is -0.575. The van der Waals surface area contributed by atoms with E-state index < -0.39 is 48.1 Å². The Morgan fingerprint density at radius 1 is 1.06 bits per heavy atom. The Kier molecular flexibility index (Phi) is 7.20. The predicted molar refractivity (Wildman–Crippen MR) is 114 cm³/mol. The molecule has 0 fully saturated rings.